The molecule has 0 aliphatic heterocycles. The van der Waals surface area contributed by atoms with E-state index >= 15 is 0 Å². The Balaban J connectivity index is 1.82. The molecule has 0 heterocycles. The number of ether oxygens (including phenoxy) is 2. The minimum Gasteiger partial charge on any atom is -0.493 e. The monoisotopic (exact) mass is 264 g/mol. The molecule has 0 aromatic heterocycles. The van der Waals surface area contributed by atoms with Gasteiger partial charge in [0, 0.05) is 12.6 Å². The number of methoxy groups -OCH3 is 2. The van der Waals surface area contributed by atoms with Gasteiger partial charge in [0.15, 0.2) is 11.5 Å². The summed E-state index contributed by atoms with van der Waals surface area (Å²) in [7, 11) is 3.20. The summed E-state index contributed by atoms with van der Waals surface area (Å²) in [6.07, 6.45) is 2.37. The average molecular weight is 264 g/mol. The fourth-order valence-corrected chi connectivity index (χ4v) is 1.78. The first-order valence-corrected chi connectivity index (χ1v) is 6.44. The van der Waals surface area contributed by atoms with Crippen molar-refractivity contribution >= 4 is 5.91 Å². The van der Waals surface area contributed by atoms with E-state index in [0.29, 0.717) is 30.6 Å². The normalized spacial score (nSPS) is 14.0. The van der Waals surface area contributed by atoms with Crippen LogP contribution in [0.2, 0.25) is 0 Å². The standard InChI is InChI=1S/C14H20N2O3/c1-18-12-6-3-10(7-13(12)19-2)8-16-14(17)9-15-11-4-5-11/h3,6-7,11,15H,4-5,8-9H2,1-2H3,(H,16,17). The number of amides is 1. The molecular weight excluding hydrogens is 244 g/mol. The Kier molecular flexibility index (Phi) is 4.63. The summed E-state index contributed by atoms with van der Waals surface area (Å²) < 4.78 is 10.4. The first-order valence-electron chi connectivity index (χ1n) is 6.44. The summed E-state index contributed by atoms with van der Waals surface area (Å²) in [4.78, 5) is 11.6. The molecule has 1 fully saturated rings. The number of carbonyl (C=O) groups excluding carboxylic acids is 1. The molecule has 104 valence electrons. The second-order valence-corrected chi connectivity index (χ2v) is 4.62. The Morgan fingerprint density at radius 1 is 1.26 bits per heavy atom. The molecule has 0 bridgehead atoms. The molecule has 1 aromatic carbocycles. The fourth-order valence-electron chi connectivity index (χ4n) is 1.78. The van der Waals surface area contributed by atoms with Gasteiger partial charge < -0.3 is 20.1 Å². The molecule has 0 saturated heterocycles. The highest BCUT2D eigenvalue weighted by Gasteiger charge is 2.20. The first-order chi connectivity index (χ1) is 9.22. The van der Waals surface area contributed by atoms with Crippen molar-refractivity contribution in [2.75, 3.05) is 20.8 Å². The van der Waals surface area contributed by atoms with Crippen molar-refractivity contribution in [3.05, 3.63) is 23.8 Å². The molecule has 0 unspecified atom stereocenters. The number of rotatable bonds is 7. The van der Waals surface area contributed by atoms with Crippen LogP contribution in [0.15, 0.2) is 18.2 Å². The minimum atomic E-state index is 0.0154. The molecule has 2 rings (SSSR count). The van der Waals surface area contributed by atoms with Gasteiger partial charge in [0.1, 0.15) is 0 Å². The molecule has 5 heteroatoms. The van der Waals surface area contributed by atoms with Gasteiger partial charge in [0.2, 0.25) is 5.91 Å². The molecule has 1 aromatic rings. The zero-order valence-corrected chi connectivity index (χ0v) is 11.4. The van der Waals surface area contributed by atoms with Gasteiger partial charge in [-0.2, -0.15) is 0 Å². The van der Waals surface area contributed by atoms with E-state index in [9.17, 15) is 4.79 Å². The summed E-state index contributed by atoms with van der Waals surface area (Å²) in [6, 6.07) is 6.17. The lowest BCUT2D eigenvalue weighted by molar-refractivity contribution is -0.120. The first kappa shape index (κ1) is 13.7. The molecule has 19 heavy (non-hydrogen) atoms. The molecular formula is C14H20N2O3. The number of hydrogen-bond donors (Lipinski definition) is 2. The predicted molar refractivity (Wildman–Crippen MR) is 72.4 cm³/mol. The summed E-state index contributed by atoms with van der Waals surface area (Å²) in [6.45, 7) is 0.878. The maximum Gasteiger partial charge on any atom is 0.234 e. The van der Waals surface area contributed by atoms with E-state index in [1.54, 1.807) is 14.2 Å². The average Bonchev–Trinajstić information content (AvgIpc) is 3.26. The number of hydrogen-bond acceptors (Lipinski definition) is 4. The van der Waals surface area contributed by atoms with Gasteiger partial charge in [-0.3, -0.25) is 4.79 Å². The number of nitrogens with one attached hydrogen (secondary N) is 2. The summed E-state index contributed by atoms with van der Waals surface area (Å²) >= 11 is 0. The van der Waals surface area contributed by atoms with Crippen molar-refractivity contribution in [3.63, 3.8) is 0 Å². The second kappa shape index (κ2) is 6.43. The Morgan fingerprint density at radius 3 is 2.63 bits per heavy atom. The maximum atomic E-state index is 11.6. The molecule has 1 aliphatic rings. The molecule has 0 radical (unpaired) electrons. The zero-order chi connectivity index (χ0) is 13.7. The lowest BCUT2D eigenvalue weighted by Crippen LogP contribution is -2.34. The van der Waals surface area contributed by atoms with Crippen molar-refractivity contribution in [1.29, 1.82) is 0 Å². The highest BCUT2D eigenvalue weighted by molar-refractivity contribution is 5.78. The lowest BCUT2D eigenvalue weighted by Gasteiger charge is -2.10. The molecule has 1 aliphatic carbocycles. The van der Waals surface area contributed by atoms with Crippen LogP contribution in [0.5, 0.6) is 11.5 Å². The quantitative estimate of drug-likeness (QED) is 0.773. The van der Waals surface area contributed by atoms with Crippen LogP contribution >= 0.6 is 0 Å². The van der Waals surface area contributed by atoms with Crippen LogP contribution in [-0.4, -0.2) is 32.7 Å². The van der Waals surface area contributed by atoms with Crippen molar-refractivity contribution in [2.24, 2.45) is 0 Å². The van der Waals surface area contributed by atoms with E-state index in [4.69, 9.17) is 9.47 Å². The fraction of sp³-hybridized carbons (Fsp3) is 0.500. The van der Waals surface area contributed by atoms with Gasteiger partial charge in [0.25, 0.3) is 0 Å². The van der Waals surface area contributed by atoms with Crippen LogP contribution in [0.3, 0.4) is 0 Å². The third-order valence-electron chi connectivity index (χ3n) is 3.07. The summed E-state index contributed by atoms with van der Waals surface area (Å²) in [5.41, 5.74) is 0.984. The molecule has 1 amide bonds. The van der Waals surface area contributed by atoms with E-state index in [1.807, 2.05) is 18.2 Å². The molecule has 2 N–H and O–H groups in total. The predicted octanol–water partition coefficient (Wildman–Crippen LogP) is 1.07. The maximum absolute atomic E-state index is 11.6. The van der Waals surface area contributed by atoms with Crippen LogP contribution in [-0.2, 0) is 11.3 Å². The topological polar surface area (TPSA) is 59.6 Å². The van der Waals surface area contributed by atoms with Crippen molar-refractivity contribution in [1.82, 2.24) is 10.6 Å². The Labute approximate surface area is 113 Å². The third kappa shape index (κ3) is 4.13. The van der Waals surface area contributed by atoms with Crippen LogP contribution in [0, 0.1) is 0 Å². The Morgan fingerprint density at radius 2 is 2.00 bits per heavy atom. The van der Waals surface area contributed by atoms with Crippen molar-refractivity contribution in [2.45, 2.75) is 25.4 Å². The smallest absolute Gasteiger partial charge is 0.234 e. The largest absolute Gasteiger partial charge is 0.493 e. The van der Waals surface area contributed by atoms with Crippen LogP contribution in [0.4, 0.5) is 0 Å². The van der Waals surface area contributed by atoms with E-state index in [1.165, 1.54) is 12.8 Å². The third-order valence-corrected chi connectivity index (χ3v) is 3.07. The summed E-state index contributed by atoms with van der Waals surface area (Å²) in [5.74, 6) is 1.38. The Bertz CT molecular complexity index is 444. The zero-order valence-electron chi connectivity index (χ0n) is 11.4. The minimum absolute atomic E-state index is 0.0154. The van der Waals surface area contributed by atoms with E-state index in [0.717, 1.165) is 5.56 Å². The van der Waals surface area contributed by atoms with Gasteiger partial charge >= 0.3 is 0 Å². The summed E-state index contributed by atoms with van der Waals surface area (Å²) in [5, 5.41) is 6.05. The van der Waals surface area contributed by atoms with Crippen LogP contribution in [0.1, 0.15) is 18.4 Å². The van der Waals surface area contributed by atoms with Crippen molar-refractivity contribution < 1.29 is 14.3 Å². The van der Waals surface area contributed by atoms with Gasteiger partial charge in [0.05, 0.1) is 20.8 Å². The molecule has 5 nitrogen and oxygen atoms in total. The second-order valence-electron chi connectivity index (χ2n) is 4.62. The molecule has 0 spiro atoms. The number of benzene rings is 1. The van der Waals surface area contributed by atoms with Crippen LogP contribution < -0.4 is 20.1 Å². The van der Waals surface area contributed by atoms with Gasteiger partial charge in [-0.1, -0.05) is 6.07 Å². The number of carbonyl (C=O) groups is 1. The highest BCUT2D eigenvalue weighted by atomic mass is 16.5. The van der Waals surface area contributed by atoms with E-state index in [-0.39, 0.29) is 5.91 Å². The van der Waals surface area contributed by atoms with Gasteiger partial charge in [-0.25, -0.2) is 0 Å². The van der Waals surface area contributed by atoms with E-state index in [2.05, 4.69) is 10.6 Å². The highest BCUT2D eigenvalue weighted by Crippen LogP contribution is 2.27. The lowest BCUT2D eigenvalue weighted by atomic mass is 10.2. The molecule has 0 atom stereocenters. The van der Waals surface area contributed by atoms with Crippen LogP contribution in [0.25, 0.3) is 0 Å². The van der Waals surface area contributed by atoms with E-state index < -0.39 is 0 Å². The Hall–Kier alpha value is -1.75. The molecule has 1 saturated carbocycles. The SMILES string of the molecule is COc1ccc(CNC(=O)CNC2CC2)cc1OC. The van der Waals surface area contributed by atoms with Gasteiger partial charge in [-0.15, -0.1) is 0 Å². The van der Waals surface area contributed by atoms with Gasteiger partial charge in [-0.05, 0) is 30.5 Å². The van der Waals surface area contributed by atoms with Crippen molar-refractivity contribution in [3.8, 4) is 11.5 Å².